The molecule has 1 aliphatic heterocycles. The number of hydrogen-bond donors (Lipinski definition) is 0. The van der Waals surface area contributed by atoms with Crippen LogP contribution in [0.5, 0.6) is 0 Å². The second-order valence-electron chi connectivity index (χ2n) is 6.24. The van der Waals surface area contributed by atoms with Crippen LogP contribution in [0.2, 0.25) is 0 Å². The van der Waals surface area contributed by atoms with Crippen LogP contribution in [0, 0.1) is 10.1 Å². The molecule has 1 saturated heterocycles. The molecule has 6 nitrogen and oxygen atoms in total. The topological polar surface area (TPSA) is 72.7 Å². The van der Waals surface area contributed by atoms with Gasteiger partial charge in [0.15, 0.2) is 0 Å². The Morgan fingerprint density at radius 3 is 2.43 bits per heavy atom. The van der Waals surface area contributed by atoms with Crippen LogP contribution in [0.15, 0.2) is 24.3 Å². The zero-order chi connectivity index (χ0) is 15.6. The SMILES string of the molecule is CC(C)(C)OC(=O)N1CC[C@H]1Cc1ccc([N+](=O)[O-])cc1. The van der Waals surface area contributed by atoms with Gasteiger partial charge in [-0.15, -0.1) is 0 Å². The van der Waals surface area contributed by atoms with E-state index < -0.39 is 10.5 Å². The van der Waals surface area contributed by atoms with Gasteiger partial charge in [-0.1, -0.05) is 12.1 Å². The van der Waals surface area contributed by atoms with Gasteiger partial charge in [0.05, 0.1) is 4.92 Å². The van der Waals surface area contributed by atoms with Crippen molar-refractivity contribution in [1.29, 1.82) is 0 Å². The van der Waals surface area contributed by atoms with E-state index in [0.29, 0.717) is 13.0 Å². The minimum Gasteiger partial charge on any atom is -0.444 e. The molecule has 0 aliphatic carbocycles. The van der Waals surface area contributed by atoms with Crippen LogP contribution in [0.1, 0.15) is 32.8 Å². The van der Waals surface area contributed by atoms with E-state index in [9.17, 15) is 14.9 Å². The summed E-state index contributed by atoms with van der Waals surface area (Å²) in [4.78, 5) is 23.9. The Bertz CT molecular complexity index is 534. The summed E-state index contributed by atoms with van der Waals surface area (Å²) < 4.78 is 5.36. The average Bonchev–Trinajstić information content (AvgIpc) is 2.32. The Kier molecular flexibility index (Phi) is 4.16. The van der Waals surface area contributed by atoms with Gasteiger partial charge in [-0.25, -0.2) is 4.79 Å². The summed E-state index contributed by atoms with van der Waals surface area (Å²) >= 11 is 0. The summed E-state index contributed by atoms with van der Waals surface area (Å²) in [5, 5.41) is 10.6. The number of nitrogens with zero attached hydrogens (tertiary/aromatic N) is 2. The van der Waals surface area contributed by atoms with Gasteiger partial charge in [0, 0.05) is 24.7 Å². The number of carbonyl (C=O) groups excluding carboxylic acids is 1. The molecule has 1 amide bonds. The van der Waals surface area contributed by atoms with Crippen molar-refractivity contribution in [1.82, 2.24) is 4.90 Å². The number of non-ortho nitro benzene ring substituents is 1. The van der Waals surface area contributed by atoms with E-state index in [4.69, 9.17) is 4.74 Å². The molecule has 21 heavy (non-hydrogen) atoms. The number of nitro benzene ring substituents is 1. The largest absolute Gasteiger partial charge is 0.444 e. The minimum atomic E-state index is -0.495. The predicted molar refractivity (Wildman–Crippen MR) is 78.1 cm³/mol. The third-order valence-electron chi connectivity index (χ3n) is 3.39. The molecule has 1 fully saturated rings. The van der Waals surface area contributed by atoms with E-state index in [-0.39, 0.29) is 17.8 Å². The number of rotatable bonds is 3. The molecule has 2 rings (SSSR count). The molecule has 0 spiro atoms. The van der Waals surface area contributed by atoms with Crippen LogP contribution in [-0.4, -0.2) is 34.1 Å². The summed E-state index contributed by atoms with van der Waals surface area (Å²) in [6, 6.07) is 6.58. The first-order valence-corrected chi connectivity index (χ1v) is 6.99. The van der Waals surface area contributed by atoms with E-state index in [1.165, 1.54) is 12.1 Å². The molecule has 0 saturated carbocycles. The lowest BCUT2D eigenvalue weighted by molar-refractivity contribution is -0.384. The molecule has 1 atom stereocenters. The molecule has 6 heteroatoms. The van der Waals surface area contributed by atoms with E-state index in [1.807, 2.05) is 20.8 Å². The average molecular weight is 292 g/mol. The highest BCUT2D eigenvalue weighted by atomic mass is 16.6. The molecule has 0 radical (unpaired) electrons. The molecular weight excluding hydrogens is 272 g/mol. The maximum Gasteiger partial charge on any atom is 0.410 e. The molecule has 0 aromatic heterocycles. The highest BCUT2D eigenvalue weighted by Gasteiger charge is 2.35. The van der Waals surface area contributed by atoms with Crippen molar-refractivity contribution in [2.45, 2.75) is 45.3 Å². The van der Waals surface area contributed by atoms with Crippen LogP contribution in [0.3, 0.4) is 0 Å². The fourth-order valence-electron chi connectivity index (χ4n) is 2.24. The standard InChI is InChI=1S/C15H20N2O4/c1-15(2,3)21-14(18)16-9-8-13(16)10-11-4-6-12(7-5-11)17(19)20/h4-7,13H,8-10H2,1-3H3/t13-/m0/s1. The van der Waals surface area contributed by atoms with Crippen molar-refractivity contribution in [3.05, 3.63) is 39.9 Å². The van der Waals surface area contributed by atoms with E-state index in [2.05, 4.69) is 0 Å². The molecule has 1 aromatic carbocycles. The maximum atomic E-state index is 12.0. The number of ether oxygens (including phenoxy) is 1. The molecule has 0 unspecified atom stereocenters. The van der Waals surface area contributed by atoms with Crippen molar-refractivity contribution in [2.75, 3.05) is 6.54 Å². The Morgan fingerprint density at radius 1 is 1.38 bits per heavy atom. The van der Waals surface area contributed by atoms with Crippen molar-refractivity contribution in [2.24, 2.45) is 0 Å². The lowest BCUT2D eigenvalue weighted by atomic mass is 9.95. The fourth-order valence-corrected chi connectivity index (χ4v) is 2.24. The van der Waals surface area contributed by atoms with E-state index in [0.717, 1.165) is 12.0 Å². The van der Waals surface area contributed by atoms with Gasteiger partial charge < -0.3 is 9.64 Å². The van der Waals surface area contributed by atoms with Crippen molar-refractivity contribution < 1.29 is 14.5 Å². The first kappa shape index (κ1) is 15.3. The zero-order valence-corrected chi connectivity index (χ0v) is 12.5. The normalized spacial score (nSPS) is 18.0. The number of nitro groups is 1. The summed E-state index contributed by atoms with van der Waals surface area (Å²) in [5.41, 5.74) is 0.570. The van der Waals surface area contributed by atoms with Crippen LogP contribution >= 0.6 is 0 Å². The lowest BCUT2D eigenvalue weighted by Gasteiger charge is -2.41. The molecule has 1 heterocycles. The monoisotopic (exact) mass is 292 g/mol. The van der Waals surface area contributed by atoms with Crippen molar-refractivity contribution in [3.8, 4) is 0 Å². The van der Waals surface area contributed by atoms with Crippen LogP contribution in [-0.2, 0) is 11.2 Å². The van der Waals surface area contributed by atoms with Gasteiger partial charge in [0.1, 0.15) is 5.60 Å². The molecular formula is C15H20N2O4. The molecule has 0 N–H and O–H groups in total. The second kappa shape index (κ2) is 5.71. The Balaban J connectivity index is 1.94. The number of amides is 1. The van der Waals surface area contributed by atoms with Gasteiger partial charge in [0.2, 0.25) is 0 Å². The van der Waals surface area contributed by atoms with Crippen molar-refractivity contribution in [3.63, 3.8) is 0 Å². The highest BCUT2D eigenvalue weighted by Crippen LogP contribution is 2.25. The first-order valence-electron chi connectivity index (χ1n) is 6.99. The van der Waals surface area contributed by atoms with Crippen molar-refractivity contribution >= 4 is 11.8 Å². The molecule has 114 valence electrons. The number of benzene rings is 1. The Hall–Kier alpha value is -2.11. The summed E-state index contributed by atoms with van der Waals surface area (Å²) in [6.45, 7) is 6.23. The van der Waals surface area contributed by atoms with Gasteiger partial charge >= 0.3 is 6.09 Å². The predicted octanol–water partition coefficient (Wildman–Crippen LogP) is 3.15. The highest BCUT2D eigenvalue weighted by molar-refractivity contribution is 5.69. The minimum absolute atomic E-state index is 0.0800. The Morgan fingerprint density at radius 2 is 2.00 bits per heavy atom. The van der Waals surface area contributed by atoms with Crippen LogP contribution in [0.25, 0.3) is 0 Å². The number of hydrogen-bond acceptors (Lipinski definition) is 4. The number of carbonyl (C=O) groups is 1. The third-order valence-corrected chi connectivity index (χ3v) is 3.39. The van der Waals surface area contributed by atoms with Crippen LogP contribution in [0.4, 0.5) is 10.5 Å². The Labute approximate surface area is 123 Å². The van der Waals surface area contributed by atoms with Gasteiger partial charge in [-0.05, 0) is 39.2 Å². The molecule has 1 aromatic rings. The fraction of sp³-hybridized carbons (Fsp3) is 0.533. The van der Waals surface area contributed by atoms with E-state index >= 15 is 0 Å². The summed E-state index contributed by atoms with van der Waals surface area (Å²) in [6.07, 6.45) is 1.33. The third kappa shape index (κ3) is 3.93. The van der Waals surface area contributed by atoms with Gasteiger partial charge in [0.25, 0.3) is 5.69 Å². The molecule has 0 bridgehead atoms. The van der Waals surface area contributed by atoms with Gasteiger partial charge in [-0.3, -0.25) is 10.1 Å². The lowest BCUT2D eigenvalue weighted by Crippen LogP contribution is -2.53. The summed E-state index contributed by atoms with van der Waals surface area (Å²) in [7, 11) is 0. The smallest absolute Gasteiger partial charge is 0.410 e. The van der Waals surface area contributed by atoms with Gasteiger partial charge in [-0.2, -0.15) is 0 Å². The maximum absolute atomic E-state index is 12.0. The summed E-state index contributed by atoms with van der Waals surface area (Å²) in [5.74, 6) is 0. The number of likely N-dealkylation sites (tertiary alicyclic amines) is 1. The van der Waals surface area contributed by atoms with E-state index in [1.54, 1.807) is 17.0 Å². The quantitative estimate of drug-likeness (QED) is 0.633. The molecule has 1 aliphatic rings. The van der Waals surface area contributed by atoms with Crippen LogP contribution < -0.4 is 0 Å². The first-order chi connectivity index (χ1) is 9.76. The second-order valence-corrected chi connectivity index (χ2v) is 6.24. The zero-order valence-electron chi connectivity index (χ0n) is 12.5.